The second kappa shape index (κ2) is 4.03. The summed E-state index contributed by atoms with van der Waals surface area (Å²) >= 11 is 0. The van der Waals surface area contributed by atoms with Gasteiger partial charge in [0.2, 0.25) is 5.78 Å². The fourth-order valence-corrected chi connectivity index (χ4v) is 2.58. The zero-order valence-electron chi connectivity index (χ0n) is 11.5. The first kappa shape index (κ1) is 12.6. The Labute approximate surface area is 115 Å². The number of hydrogen-bond donors (Lipinski definition) is 1. The van der Waals surface area contributed by atoms with E-state index in [9.17, 15) is 9.59 Å². The highest BCUT2D eigenvalue weighted by Crippen LogP contribution is 2.36. The summed E-state index contributed by atoms with van der Waals surface area (Å²) in [5.41, 5.74) is 1.29. The number of nitrogens with zero attached hydrogens (tertiary/aromatic N) is 1. The number of hydrogen-bond acceptors (Lipinski definition) is 4. The van der Waals surface area contributed by atoms with Crippen molar-refractivity contribution in [3.63, 3.8) is 0 Å². The summed E-state index contributed by atoms with van der Waals surface area (Å²) in [5.74, 6) is -1.08. The normalized spacial score (nSPS) is 16.8. The highest BCUT2D eigenvalue weighted by Gasteiger charge is 2.39. The number of benzene rings is 1. The summed E-state index contributed by atoms with van der Waals surface area (Å²) in [6.45, 7) is 3.72. The SMILES string of the molecule is COC(=O)C1=NC(C)(C)c2[nH]c3ccccc3c2C1=O. The highest BCUT2D eigenvalue weighted by molar-refractivity contribution is 6.69. The molecule has 0 fully saturated rings. The molecule has 0 unspecified atom stereocenters. The van der Waals surface area contributed by atoms with Gasteiger partial charge in [-0.1, -0.05) is 18.2 Å². The van der Waals surface area contributed by atoms with Crippen molar-refractivity contribution >= 4 is 28.4 Å². The molecule has 1 aromatic heterocycles. The van der Waals surface area contributed by atoms with Crippen molar-refractivity contribution in [1.82, 2.24) is 4.98 Å². The molecule has 2 heterocycles. The number of ether oxygens (including phenoxy) is 1. The molecule has 20 heavy (non-hydrogen) atoms. The number of esters is 1. The lowest BCUT2D eigenvalue weighted by Crippen LogP contribution is -2.35. The molecule has 0 bridgehead atoms. The third-order valence-electron chi connectivity index (χ3n) is 3.53. The van der Waals surface area contributed by atoms with Gasteiger partial charge in [-0.3, -0.25) is 9.79 Å². The van der Waals surface area contributed by atoms with Gasteiger partial charge in [0.1, 0.15) is 0 Å². The number of H-pyrrole nitrogens is 1. The standard InChI is InChI=1S/C15H14N2O3/c1-15(2)13-10(8-6-4-5-7-9(8)16-13)12(18)11(17-15)14(19)20-3/h4-7,16H,1-3H3. The lowest BCUT2D eigenvalue weighted by atomic mass is 9.89. The number of aromatic amines is 1. The van der Waals surface area contributed by atoms with E-state index in [1.54, 1.807) is 0 Å². The molecule has 5 nitrogen and oxygen atoms in total. The van der Waals surface area contributed by atoms with Gasteiger partial charge >= 0.3 is 5.97 Å². The molecule has 0 saturated heterocycles. The zero-order chi connectivity index (χ0) is 14.5. The fourth-order valence-electron chi connectivity index (χ4n) is 2.58. The van der Waals surface area contributed by atoms with Gasteiger partial charge < -0.3 is 9.72 Å². The van der Waals surface area contributed by atoms with Crippen molar-refractivity contribution in [3.05, 3.63) is 35.5 Å². The number of ketones is 1. The molecule has 0 amide bonds. The number of aromatic nitrogens is 1. The summed E-state index contributed by atoms with van der Waals surface area (Å²) in [5, 5.41) is 0.803. The molecule has 5 heteroatoms. The van der Waals surface area contributed by atoms with Crippen molar-refractivity contribution in [2.45, 2.75) is 19.4 Å². The number of carbonyl (C=O) groups excluding carboxylic acids is 2. The van der Waals surface area contributed by atoms with E-state index in [4.69, 9.17) is 0 Å². The Bertz CT molecular complexity index is 769. The van der Waals surface area contributed by atoms with Crippen molar-refractivity contribution in [2.75, 3.05) is 7.11 Å². The molecule has 102 valence electrons. The zero-order valence-corrected chi connectivity index (χ0v) is 11.5. The number of aliphatic imine (C=N–C) groups is 1. The number of rotatable bonds is 1. The third kappa shape index (κ3) is 1.59. The minimum absolute atomic E-state index is 0.144. The topological polar surface area (TPSA) is 71.5 Å². The first-order valence-electron chi connectivity index (χ1n) is 6.30. The third-order valence-corrected chi connectivity index (χ3v) is 3.53. The van der Waals surface area contributed by atoms with Crippen molar-refractivity contribution < 1.29 is 14.3 Å². The largest absolute Gasteiger partial charge is 0.464 e. The second-order valence-electron chi connectivity index (χ2n) is 5.26. The number of Topliss-reactive ketones (excluding diaryl/α,β-unsaturated/α-hetero) is 1. The van der Waals surface area contributed by atoms with Gasteiger partial charge in [0.25, 0.3) is 0 Å². The number of methoxy groups -OCH3 is 1. The number of para-hydroxylation sites is 1. The van der Waals surface area contributed by atoms with Gasteiger partial charge in [0.15, 0.2) is 5.71 Å². The van der Waals surface area contributed by atoms with Gasteiger partial charge in [-0.2, -0.15) is 0 Å². The molecule has 1 aliphatic heterocycles. The number of nitrogens with one attached hydrogen (secondary N) is 1. The van der Waals surface area contributed by atoms with Crippen LogP contribution in [0.3, 0.4) is 0 Å². The quantitative estimate of drug-likeness (QED) is 0.807. The highest BCUT2D eigenvalue weighted by atomic mass is 16.5. The van der Waals surface area contributed by atoms with E-state index in [-0.39, 0.29) is 11.5 Å². The summed E-state index contributed by atoms with van der Waals surface area (Å²) < 4.78 is 4.66. The molecular formula is C15H14N2O3. The Morgan fingerprint density at radius 1 is 1.30 bits per heavy atom. The summed E-state index contributed by atoms with van der Waals surface area (Å²) in [6, 6.07) is 7.51. The molecule has 2 aromatic rings. The Morgan fingerprint density at radius 3 is 2.70 bits per heavy atom. The Balaban J connectivity index is 2.32. The maximum Gasteiger partial charge on any atom is 0.360 e. The van der Waals surface area contributed by atoms with Crippen molar-refractivity contribution in [2.24, 2.45) is 4.99 Å². The van der Waals surface area contributed by atoms with Crippen LogP contribution in [0.2, 0.25) is 0 Å². The molecule has 0 spiro atoms. The van der Waals surface area contributed by atoms with Crippen LogP contribution in [-0.4, -0.2) is 29.6 Å². The molecule has 1 N–H and O–H groups in total. The van der Waals surface area contributed by atoms with Gasteiger partial charge in [0.05, 0.1) is 23.9 Å². The Kier molecular flexibility index (Phi) is 2.54. The lowest BCUT2D eigenvalue weighted by molar-refractivity contribution is -0.132. The van der Waals surface area contributed by atoms with Crippen LogP contribution in [0.15, 0.2) is 29.3 Å². The number of fused-ring (bicyclic) bond motifs is 3. The van der Waals surface area contributed by atoms with E-state index in [2.05, 4.69) is 14.7 Å². The first-order chi connectivity index (χ1) is 9.45. The maximum atomic E-state index is 12.5. The average molecular weight is 270 g/mol. The van der Waals surface area contributed by atoms with Crippen LogP contribution in [0.5, 0.6) is 0 Å². The second-order valence-corrected chi connectivity index (χ2v) is 5.26. The average Bonchev–Trinajstić information content (AvgIpc) is 2.83. The van der Waals surface area contributed by atoms with Crippen LogP contribution in [0.4, 0.5) is 0 Å². The van der Waals surface area contributed by atoms with Crippen LogP contribution in [-0.2, 0) is 15.1 Å². The summed E-state index contributed by atoms with van der Waals surface area (Å²) in [6.07, 6.45) is 0. The van der Waals surface area contributed by atoms with E-state index in [1.165, 1.54) is 7.11 Å². The van der Waals surface area contributed by atoms with Crippen LogP contribution in [0.1, 0.15) is 29.9 Å². The first-order valence-corrected chi connectivity index (χ1v) is 6.30. The van der Waals surface area contributed by atoms with Crippen molar-refractivity contribution in [1.29, 1.82) is 0 Å². The van der Waals surface area contributed by atoms with E-state index >= 15 is 0 Å². The van der Waals surface area contributed by atoms with Gasteiger partial charge in [-0.15, -0.1) is 0 Å². The Hall–Kier alpha value is -2.43. The van der Waals surface area contributed by atoms with E-state index < -0.39 is 11.5 Å². The molecular weight excluding hydrogens is 256 g/mol. The predicted octanol–water partition coefficient (Wildman–Crippen LogP) is 2.21. The molecule has 3 rings (SSSR count). The maximum absolute atomic E-state index is 12.5. The van der Waals surface area contributed by atoms with Crippen LogP contribution < -0.4 is 0 Å². The Morgan fingerprint density at radius 2 is 2.00 bits per heavy atom. The van der Waals surface area contributed by atoms with Crippen LogP contribution in [0, 0.1) is 0 Å². The smallest absolute Gasteiger partial charge is 0.360 e. The minimum Gasteiger partial charge on any atom is -0.464 e. The molecule has 1 aromatic carbocycles. The summed E-state index contributed by atoms with van der Waals surface area (Å²) in [7, 11) is 1.25. The molecule has 0 atom stereocenters. The van der Waals surface area contributed by atoms with E-state index in [0.717, 1.165) is 16.6 Å². The summed E-state index contributed by atoms with van der Waals surface area (Å²) in [4.78, 5) is 31.8. The molecule has 0 radical (unpaired) electrons. The number of carbonyl (C=O) groups is 2. The monoisotopic (exact) mass is 270 g/mol. The van der Waals surface area contributed by atoms with E-state index in [1.807, 2.05) is 38.1 Å². The fraction of sp³-hybridized carbons (Fsp3) is 0.267. The van der Waals surface area contributed by atoms with Gasteiger partial charge in [-0.25, -0.2) is 4.79 Å². The minimum atomic E-state index is -0.695. The van der Waals surface area contributed by atoms with E-state index in [0.29, 0.717) is 5.56 Å². The van der Waals surface area contributed by atoms with Crippen molar-refractivity contribution in [3.8, 4) is 0 Å². The molecule has 1 aliphatic rings. The van der Waals surface area contributed by atoms with Gasteiger partial charge in [-0.05, 0) is 19.9 Å². The molecule has 0 saturated carbocycles. The predicted molar refractivity (Wildman–Crippen MR) is 75.1 cm³/mol. The van der Waals surface area contributed by atoms with Gasteiger partial charge in [0, 0.05) is 10.9 Å². The van der Waals surface area contributed by atoms with Crippen LogP contribution in [0.25, 0.3) is 10.9 Å². The van der Waals surface area contributed by atoms with Crippen LogP contribution >= 0.6 is 0 Å². The molecule has 0 aliphatic carbocycles. The lowest BCUT2D eigenvalue weighted by Gasteiger charge is -2.25.